The van der Waals surface area contributed by atoms with Gasteiger partial charge in [0.1, 0.15) is 5.82 Å². The molecule has 15 heavy (non-hydrogen) atoms. The van der Waals surface area contributed by atoms with E-state index in [0.717, 1.165) is 12.4 Å². The summed E-state index contributed by atoms with van der Waals surface area (Å²) in [5.74, 6) is 3.45. The van der Waals surface area contributed by atoms with Gasteiger partial charge in [0.15, 0.2) is 0 Å². The van der Waals surface area contributed by atoms with Crippen LogP contribution >= 0.6 is 11.8 Å². The van der Waals surface area contributed by atoms with Crippen molar-refractivity contribution in [3.63, 3.8) is 0 Å². The maximum atomic E-state index is 4.25. The van der Waals surface area contributed by atoms with Crippen LogP contribution < -0.4 is 10.6 Å². The van der Waals surface area contributed by atoms with Crippen molar-refractivity contribution in [3.05, 3.63) is 18.3 Å². The predicted molar refractivity (Wildman–Crippen MR) is 67.8 cm³/mol. The monoisotopic (exact) mass is 223 g/mol. The summed E-state index contributed by atoms with van der Waals surface area (Å²) in [5, 5.41) is 6.76. The van der Waals surface area contributed by atoms with Gasteiger partial charge in [-0.3, -0.25) is 0 Å². The Morgan fingerprint density at radius 3 is 3.27 bits per heavy atom. The van der Waals surface area contributed by atoms with Gasteiger partial charge in [0.25, 0.3) is 0 Å². The normalized spacial score (nSPS) is 20.2. The van der Waals surface area contributed by atoms with Crippen molar-refractivity contribution in [1.29, 1.82) is 0 Å². The molecule has 0 saturated carbocycles. The van der Waals surface area contributed by atoms with Gasteiger partial charge in [-0.15, -0.1) is 0 Å². The first-order valence-electron chi connectivity index (χ1n) is 5.42. The Morgan fingerprint density at radius 1 is 1.60 bits per heavy atom. The van der Waals surface area contributed by atoms with Crippen LogP contribution in [-0.2, 0) is 0 Å². The van der Waals surface area contributed by atoms with Crippen LogP contribution in [0.15, 0.2) is 18.3 Å². The molecule has 1 atom stereocenters. The van der Waals surface area contributed by atoms with Gasteiger partial charge in [-0.1, -0.05) is 0 Å². The van der Waals surface area contributed by atoms with E-state index in [1.54, 1.807) is 0 Å². The van der Waals surface area contributed by atoms with Crippen molar-refractivity contribution in [2.45, 2.75) is 19.4 Å². The fourth-order valence-corrected chi connectivity index (χ4v) is 2.83. The lowest BCUT2D eigenvalue weighted by Gasteiger charge is -2.13. The maximum absolute atomic E-state index is 4.25. The first-order valence-corrected chi connectivity index (χ1v) is 6.58. The highest BCUT2D eigenvalue weighted by Gasteiger charge is 2.14. The Kier molecular flexibility index (Phi) is 3.72. The fourth-order valence-electron chi connectivity index (χ4n) is 1.68. The van der Waals surface area contributed by atoms with Crippen molar-refractivity contribution in [2.75, 3.05) is 28.7 Å². The highest BCUT2D eigenvalue weighted by atomic mass is 32.2. The van der Waals surface area contributed by atoms with Gasteiger partial charge in [0, 0.05) is 36.3 Å². The van der Waals surface area contributed by atoms with Gasteiger partial charge in [0.2, 0.25) is 0 Å². The van der Waals surface area contributed by atoms with E-state index in [4.69, 9.17) is 0 Å². The lowest BCUT2D eigenvalue weighted by Crippen LogP contribution is -2.18. The summed E-state index contributed by atoms with van der Waals surface area (Å²) in [6, 6.07) is 4.74. The molecule has 82 valence electrons. The van der Waals surface area contributed by atoms with Gasteiger partial charge in [-0.2, -0.15) is 11.8 Å². The number of hydrogen-bond donors (Lipinski definition) is 2. The van der Waals surface area contributed by atoms with Gasteiger partial charge in [0.05, 0.1) is 0 Å². The molecule has 0 aromatic carbocycles. The van der Waals surface area contributed by atoms with Crippen LogP contribution in [0.4, 0.5) is 11.5 Å². The Labute approximate surface area is 95.1 Å². The highest BCUT2D eigenvalue weighted by Crippen LogP contribution is 2.22. The van der Waals surface area contributed by atoms with Crippen LogP contribution in [0, 0.1) is 0 Å². The molecular formula is C11H17N3S. The van der Waals surface area contributed by atoms with E-state index in [2.05, 4.69) is 28.6 Å². The quantitative estimate of drug-likeness (QED) is 0.822. The molecule has 2 heterocycles. The van der Waals surface area contributed by atoms with E-state index in [1.807, 2.05) is 24.0 Å². The summed E-state index contributed by atoms with van der Waals surface area (Å²) >= 11 is 2.02. The zero-order valence-corrected chi connectivity index (χ0v) is 9.81. The minimum Gasteiger partial charge on any atom is -0.381 e. The molecular weight excluding hydrogens is 206 g/mol. The first kappa shape index (κ1) is 10.6. The van der Waals surface area contributed by atoms with Crippen LogP contribution in [0.3, 0.4) is 0 Å². The minimum absolute atomic E-state index is 0.631. The topological polar surface area (TPSA) is 37.0 Å². The summed E-state index contributed by atoms with van der Waals surface area (Å²) in [7, 11) is 0. The van der Waals surface area contributed by atoms with Crippen LogP contribution in [0.25, 0.3) is 0 Å². The largest absolute Gasteiger partial charge is 0.381 e. The first-order chi connectivity index (χ1) is 7.38. The number of rotatable bonds is 4. The van der Waals surface area contributed by atoms with Crippen LogP contribution in [0.1, 0.15) is 13.3 Å². The number of nitrogens with zero attached hydrogens (tertiary/aromatic N) is 1. The van der Waals surface area contributed by atoms with Gasteiger partial charge >= 0.3 is 0 Å². The zero-order chi connectivity index (χ0) is 10.5. The minimum atomic E-state index is 0.631. The molecule has 0 radical (unpaired) electrons. The Morgan fingerprint density at radius 2 is 2.53 bits per heavy atom. The van der Waals surface area contributed by atoms with E-state index in [-0.39, 0.29) is 0 Å². The molecule has 1 aromatic rings. The Hall–Kier alpha value is -0.900. The van der Waals surface area contributed by atoms with Gasteiger partial charge in [-0.05, 0) is 25.2 Å². The number of pyridine rings is 1. The molecule has 1 unspecified atom stereocenters. The number of hydrogen-bond acceptors (Lipinski definition) is 4. The molecule has 1 saturated heterocycles. The van der Waals surface area contributed by atoms with Crippen molar-refractivity contribution in [2.24, 2.45) is 0 Å². The predicted octanol–water partition coefficient (Wildman–Crippen LogP) is 2.43. The lowest BCUT2D eigenvalue weighted by atomic mass is 10.2. The molecule has 4 heteroatoms. The molecule has 0 aliphatic carbocycles. The molecule has 3 nitrogen and oxygen atoms in total. The average Bonchev–Trinajstić information content (AvgIpc) is 2.71. The van der Waals surface area contributed by atoms with E-state index in [1.165, 1.54) is 23.6 Å². The molecule has 1 aliphatic heterocycles. The summed E-state index contributed by atoms with van der Waals surface area (Å²) < 4.78 is 0. The van der Waals surface area contributed by atoms with E-state index >= 15 is 0 Å². The standard InChI is InChI=1S/C11H17N3S/c1-2-12-11-7-9(3-5-13-11)14-10-4-6-15-8-10/h3,5,7,10H,2,4,6,8H2,1H3,(H2,12,13,14). The lowest BCUT2D eigenvalue weighted by molar-refractivity contribution is 0.813. The summed E-state index contributed by atoms with van der Waals surface area (Å²) in [6.45, 7) is 2.99. The van der Waals surface area contributed by atoms with Crippen molar-refractivity contribution in [3.8, 4) is 0 Å². The second-order valence-electron chi connectivity index (χ2n) is 3.66. The number of thioether (sulfide) groups is 1. The van der Waals surface area contributed by atoms with Crippen molar-refractivity contribution < 1.29 is 0 Å². The third kappa shape index (κ3) is 3.02. The molecule has 2 rings (SSSR count). The second kappa shape index (κ2) is 5.26. The average molecular weight is 223 g/mol. The van der Waals surface area contributed by atoms with Crippen molar-refractivity contribution in [1.82, 2.24) is 4.98 Å². The van der Waals surface area contributed by atoms with E-state index in [9.17, 15) is 0 Å². The number of anilines is 2. The third-order valence-corrected chi connectivity index (χ3v) is 3.58. The maximum Gasteiger partial charge on any atom is 0.127 e. The summed E-state index contributed by atoms with van der Waals surface area (Å²) in [6.07, 6.45) is 3.12. The molecule has 1 fully saturated rings. The third-order valence-electron chi connectivity index (χ3n) is 2.42. The molecule has 0 spiro atoms. The second-order valence-corrected chi connectivity index (χ2v) is 4.81. The van der Waals surface area contributed by atoms with Crippen LogP contribution in [0.2, 0.25) is 0 Å². The summed E-state index contributed by atoms with van der Waals surface area (Å²) in [4.78, 5) is 4.25. The Balaban J connectivity index is 1.97. The van der Waals surface area contributed by atoms with Crippen LogP contribution in [0.5, 0.6) is 0 Å². The number of aromatic nitrogens is 1. The molecule has 1 aliphatic rings. The SMILES string of the molecule is CCNc1cc(NC2CCSC2)ccn1. The van der Waals surface area contributed by atoms with E-state index < -0.39 is 0 Å². The molecule has 2 N–H and O–H groups in total. The van der Waals surface area contributed by atoms with Gasteiger partial charge < -0.3 is 10.6 Å². The molecule has 0 bridgehead atoms. The van der Waals surface area contributed by atoms with Crippen LogP contribution in [-0.4, -0.2) is 29.1 Å². The fraction of sp³-hybridized carbons (Fsp3) is 0.545. The summed E-state index contributed by atoms with van der Waals surface area (Å²) in [5.41, 5.74) is 1.17. The molecule has 0 amide bonds. The number of nitrogens with one attached hydrogen (secondary N) is 2. The van der Waals surface area contributed by atoms with E-state index in [0.29, 0.717) is 6.04 Å². The van der Waals surface area contributed by atoms with Gasteiger partial charge in [-0.25, -0.2) is 4.98 Å². The van der Waals surface area contributed by atoms with Crippen molar-refractivity contribution >= 4 is 23.3 Å². The molecule has 1 aromatic heterocycles. The highest BCUT2D eigenvalue weighted by molar-refractivity contribution is 7.99. The smallest absolute Gasteiger partial charge is 0.127 e. The Bertz CT molecular complexity index is 310. The zero-order valence-electron chi connectivity index (χ0n) is 8.99.